The average molecular weight is 252 g/mol. The number of phenolic OH excluding ortho intramolecular Hbond substituents is 3. The molecule has 0 unspecified atom stereocenters. The number of carbonyl (C=O) groups is 1. The van der Waals surface area contributed by atoms with Gasteiger partial charge < -0.3 is 20.1 Å². The van der Waals surface area contributed by atoms with Crippen LogP contribution in [0.5, 0.6) is 17.2 Å². The molecule has 0 atom stereocenters. The zero-order valence-electron chi connectivity index (χ0n) is 10.5. The average Bonchev–Trinajstić information content (AvgIpc) is 2.27. The number of allylic oxidation sites excluding steroid dienone is 2. The molecule has 0 aliphatic heterocycles. The van der Waals surface area contributed by atoms with Crippen molar-refractivity contribution in [2.75, 3.05) is 7.11 Å². The summed E-state index contributed by atoms with van der Waals surface area (Å²) in [6.45, 7) is 3.74. The zero-order chi connectivity index (χ0) is 13.9. The molecule has 0 radical (unpaired) electrons. The molecule has 0 amide bonds. The lowest BCUT2D eigenvalue weighted by atomic mass is 10.0. The summed E-state index contributed by atoms with van der Waals surface area (Å²) in [6.07, 6.45) is 2.04. The lowest BCUT2D eigenvalue weighted by molar-refractivity contribution is 0.0593. The molecule has 0 saturated carbocycles. The van der Waals surface area contributed by atoms with Crippen molar-refractivity contribution in [3.63, 3.8) is 0 Å². The van der Waals surface area contributed by atoms with Gasteiger partial charge in [0.2, 0.25) is 0 Å². The highest BCUT2D eigenvalue weighted by atomic mass is 16.5. The minimum absolute atomic E-state index is 0.175. The highest BCUT2D eigenvalue weighted by Crippen LogP contribution is 2.38. The number of phenols is 3. The van der Waals surface area contributed by atoms with Gasteiger partial charge in [-0.1, -0.05) is 11.6 Å². The number of rotatable bonds is 3. The molecule has 5 nitrogen and oxygen atoms in total. The van der Waals surface area contributed by atoms with Crippen LogP contribution < -0.4 is 0 Å². The fourth-order valence-corrected chi connectivity index (χ4v) is 1.49. The van der Waals surface area contributed by atoms with E-state index >= 15 is 0 Å². The topological polar surface area (TPSA) is 87.0 Å². The van der Waals surface area contributed by atoms with E-state index in [9.17, 15) is 20.1 Å². The summed E-state index contributed by atoms with van der Waals surface area (Å²) in [4.78, 5) is 11.4. The third-order valence-corrected chi connectivity index (χ3v) is 2.47. The van der Waals surface area contributed by atoms with Gasteiger partial charge in [-0.05, 0) is 20.3 Å². The zero-order valence-corrected chi connectivity index (χ0v) is 10.5. The standard InChI is InChI=1S/C13H16O5/c1-7(2)4-5-8-9(14)6-10(15)11(12(8)16)13(17)18-3/h4,6,14-16H,5H2,1-3H3. The second kappa shape index (κ2) is 5.44. The van der Waals surface area contributed by atoms with Gasteiger partial charge in [0.1, 0.15) is 22.8 Å². The van der Waals surface area contributed by atoms with Crippen molar-refractivity contribution < 1.29 is 24.9 Å². The van der Waals surface area contributed by atoms with Crippen LogP contribution in [0.25, 0.3) is 0 Å². The Hall–Kier alpha value is -2.17. The van der Waals surface area contributed by atoms with Crippen LogP contribution in [0.1, 0.15) is 29.8 Å². The summed E-state index contributed by atoms with van der Waals surface area (Å²) in [5.41, 5.74) is 0.836. The largest absolute Gasteiger partial charge is 0.507 e. The van der Waals surface area contributed by atoms with Crippen LogP contribution in [0.3, 0.4) is 0 Å². The van der Waals surface area contributed by atoms with E-state index in [0.29, 0.717) is 0 Å². The van der Waals surface area contributed by atoms with Crippen molar-refractivity contribution in [2.45, 2.75) is 20.3 Å². The quantitative estimate of drug-likeness (QED) is 0.566. The summed E-state index contributed by atoms with van der Waals surface area (Å²) in [6, 6.07) is 1.01. The molecule has 98 valence electrons. The van der Waals surface area contributed by atoms with Crippen molar-refractivity contribution in [1.29, 1.82) is 0 Å². The van der Waals surface area contributed by atoms with Crippen LogP contribution in [0.2, 0.25) is 0 Å². The Bertz CT molecular complexity index is 499. The van der Waals surface area contributed by atoms with E-state index in [0.717, 1.165) is 18.7 Å². The van der Waals surface area contributed by atoms with Crippen molar-refractivity contribution in [3.8, 4) is 17.2 Å². The molecule has 0 aliphatic carbocycles. The van der Waals surface area contributed by atoms with Crippen molar-refractivity contribution in [3.05, 3.63) is 28.8 Å². The Morgan fingerprint density at radius 2 is 1.89 bits per heavy atom. The summed E-state index contributed by atoms with van der Waals surface area (Å²) in [5.74, 6) is -2.10. The maximum absolute atomic E-state index is 11.4. The molecule has 1 aromatic rings. The van der Waals surface area contributed by atoms with Crippen LogP contribution in [0.15, 0.2) is 17.7 Å². The maximum Gasteiger partial charge on any atom is 0.345 e. The second-order valence-corrected chi connectivity index (χ2v) is 4.09. The first kappa shape index (κ1) is 13.9. The lowest BCUT2D eigenvalue weighted by Gasteiger charge is -2.11. The minimum atomic E-state index is -0.858. The Labute approximate surface area is 105 Å². The van der Waals surface area contributed by atoms with E-state index in [4.69, 9.17) is 0 Å². The number of benzene rings is 1. The number of ether oxygens (including phenoxy) is 1. The van der Waals surface area contributed by atoms with E-state index in [1.54, 1.807) is 6.08 Å². The molecule has 0 heterocycles. The summed E-state index contributed by atoms with van der Waals surface area (Å²) >= 11 is 0. The van der Waals surface area contributed by atoms with E-state index < -0.39 is 17.5 Å². The van der Waals surface area contributed by atoms with Crippen molar-refractivity contribution in [2.24, 2.45) is 0 Å². The smallest absolute Gasteiger partial charge is 0.345 e. The van der Waals surface area contributed by atoms with E-state index in [2.05, 4.69) is 4.74 Å². The first-order chi connectivity index (χ1) is 8.38. The number of esters is 1. The predicted molar refractivity (Wildman–Crippen MR) is 65.9 cm³/mol. The Morgan fingerprint density at radius 3 is 2.39 bits per heavy atom. The maximum atomic E-state index is 11.4. The Morgan fingerprint density at radius 1 is 1.28 bits per heavy atom. The molecule has 0 aliphatic rings. The molecule has 0 spiro atoms. The third kappa shape index (κ3) is 2.74. The second-order valence-electron chi connectivity index (χ2n) is 4.09. The number of carbonyl (C=O) groups excluding carboxylic acids is 1. The van der Waals surface area contributed by atoms with Gasteiger partial charge in [0, 0.05) is 11.6 Å². The summed E-state index contributed by atoms with van der Waals surface area (Å²) < 4.78 is 4.46. The van der Waals surface area contributed by atoms with E-state index in [1.807, 2.05) is 13.8 Å². The van der Waals surface area contributed by atoms with E-state index in [1.165, 1.54) is 0 Å². The molecular formula is C13H16O5. The van der Waals surface area contributed by atoms with Crippen LogP contribution in [0, 0.1) is 0 Å². The molecule has 0 aromatic heterocycles. The molecule has 18 heavy (non-hydrogen) atoms. The molecule has 5 heteroatoms. The van der Waals surface area contributed by atoms with Gasteiger partial charge in [-0.3, -0.25) is 0 Å². The van der Waals surface area contributed by atoms with E-state index in [-0.39, 0.29) is 23.3 Å². The van der Waals surface area contributed by atoms with Crippen LogP contribution in [-0.2, 0) is 11.2 Å². The van der Waals surface area contributed by atoms with Crippen molar-refractivity contribution in [1.82, 2.24) is 0 Å². The number of hydrogen-bond acceptors (Lipinski definition) is 5. The van der Waals surface area contributed by atoms with Gasteiger partial charge in [-0.2, -0.15) is 0 Å². The minimum Gasteiger partial charge on any atom is -0.507 e. The van der Waals surface area contributed by atoms with Gasteiger partial charge in [-0.15, -0.1) is 0 Å². The highest BCUT2D eigenvalue weighted by molar-refractivity contribution is 5.96. The SMILES string of the molecule is COC(=O)c1c(O)cc(O)c(CC=C(C)C)c1O. The molecular weight excluding hydrogens is 236 g/mol. The summed E-state index contributed by atoms with van der Waals surface area (Å²) in [7, 11) is 1.14. The Balaban J connectivity index is 3.35. The Kier molecular flexibility index (Phi) is 4.20. The van der Waals surface area contributed by atoms with Gasteiger partial charge in [0.15, 0.2) is 0 Å². The van der Waals surface area contributed by atoms with Crippen LogP contribution in [-0.4, -0.2) is 28.4 Å². The van der Waals surface area contributed by atoms with Crippen LogP contribution in [0.4, 0.5) is 0 Å². The van der Waals surface area contributed by atoms with Crippen molar-refractivity contribution >= 4 is 5.97 Å². The molecule has 3 N–H and O–H groups in total. The number of aromatic hydroxyl groups is 3. The first-order valence-electron chi connectivity index (χ1n) is 5.37. The molecule has 1 rings (SSSR count). The van der Waals surface area contributed by atoms with Crippen LogP contribution >= 0.6 is 0 Å². The molecule has 0 bridgehead atoms. The molecule has 0 saturated heterocycles. The monoisotopic (exact) mass is 252 g/mol. The first-order valence-corrected chi connectivity index (χ1v) is 5.37. The fourth-order valence-electron chi connectivity index (χ4n) is 1.49. The third-order valence-electron chi connectivity index (χ3n) is 2.47. The highest BCUT2D eigenvalue weighted by Gasteiger charge is 2.22. The van der Waals surface area contributed by atoms with Gasteiger partial charge in [-0.25, -0.2) is 4.79 Å². The normalized spacial score (nSPS) is 9.94. The number of hydrogen-bond donors (Lipinski definition) is 3. The lowest BCUT2D eigenvalue weighted by Crippen LogP contribution is -2.04. The molecule has 0 fully saturated rings. The van der Waals surface area contributed by atoms with Gasteiger partial charge in [0.25, 0.3) is 0 Å². The van der Waals surface area contributed by atoms with Gasteiger partial charge in [0.05, 0.1) is 7.11 Å². The summed E-state index contributed by atoms with van der Waals surface area (Å²) in [5, 5.41) is 29.1. The fraction of sp³-hybridized carbons (Fsp3) is 0.308. The van der Waals surface area contributed by atoms with Gasteiger partial charge >= 0.3 is 5.97 Å². The molecule has 1 aromatic carbocycles. The predicted octanol–water partition coefficient (Wildman–Crippen LogP) is 2.10. The number of methoxy groups -OCH3 is 1.